The number of aromatic nitrogens is 2. The Labute approximate surface area is 175 Å². The fourth-order valence-corrected chi connectivity index (χ4v) is 3.46. The fraction of sp³-hybridized carbons (Fsp3) is 0.167. The van der Waals surface area contributed by atoms with Crippen molar-refractivity contribution in [1.29, 1.82) is 0 Å². The number of hydrogen-bond donors (Lipinski definition) is 2. The normalized spacial score (nSPS) is 10.7. The lowest BCUT2D eigenvalue weighted by Gasteiger charge is -2.11. The second-order valence-electron chi connectivity index (χ2n) is 7.05. The van der Waals surface area contributed by atoms with Crippen molar-refractivity contribution in [3.05, 3.63) is 84.2 Å². The minimum atomic E-state index is -0.313. The van der Waals surface area contributed by atoms with Gasteiger partial charge in [-0.1, -0.05) is 36.4 Å². The maximum Gasteiger partial charge on any atom is 0.323 e. The van der Waals surface area contributed by atoms with Crippen LogP contribution in [0, 0.1) is 0 Å². The van der Waals surface area contributed by atoms with E-state index in [9.17, 15) is 4.79 Å². The number of imidazole rings is 1. The van der Waals surface area contributed by atoms with E-state index in [1.165, 1.54) is 5.56 Å². The quantitative estimate of drug-likeness (QED) is 0.478. The van der Waals surface area contributed by atoms with Crippen LogP contribution >= 0.6 is 0 Å². The summed E-state index contributed by atoms with van der Waals surface area (Å²) < 4.78 is 7.40. The van der Waals surface area contributed by atoms with Crippen LogP contribution in [0.4, 0.5) is 16.2 Å². The SMILES string of the molecule is COc1ccccc1NC(=O)Nc1ccc(CCc2nc3ccccc3n2C)cc1. The van der Waals surface area contributed by atoms with Crippen molar-refractivity contribution < 1.29 is 9.53 Å². The first-order chi connectivity index (χ1) is 14.6. The monoisotopic (exact) mass is 400 g/mol. The molecule has 4 aromatic rings. The number of nitrogens with zero attached hydrogens (tertiary/aromatic N) is 2. The summed E-state index contributed by atoms with van der Waals surface area (Å²) in [6.45, 7) is 0. The second-order valence-corrected chi connectivity index (χ2v) is 7.05. The smallest absolute Gasteiger partial charge is 0.323 e. The van der Waals surface area contributed by atoms with Gasteiger partial charge < -0.3 is 19.9 Å². The number of hydrogen-bond acceptors (Lipinski definition) is 3. The molecule has 0 fully saturated rings. The second kappa shape index (κ2) is 8.69. The van der Waals surface area contributed by atoms with Gasteiger partial charge in [-0.3, -0.25) is 0 Å². The average molecular weight is 400 g/mol. The fourth-order valence-electron chi connectivity index (χ4n) is 3.46. The van der Waals surface area contributed by atoms with Crippen molar-refractivity contribution in [3.63, 3.8) is 0 Å². The summed E-state index contributed by atoms with van der Waals surface area (Å²) in [7, 11) is 3.63. The Morgan fingerprint density at radius 1 is 0.933 bits per heavy atom. The van der Waals surface area contributed by atoms with E-state index in [1.807, 2.05) is 54.6 Å². The van der Waals surface area contributed by atoms with Crippen LogP contribution in [0.3, 0.4) is 0 Å². The zero-order valence-electron chi connectivity index (χ0n) is 17.1. The van der Waals surface area contributed by atoms with Crippen molar-refractivity contribution in [1.82, 2.24) is 9.55 Å². The van der Waals surface area contributed by atoms with E-state index in [0.717, 1.165) is 35.4 Å². The third-order valence-corrected chi connectivity index (χ3v) is 5.08. The topological polar surface area (TPSA) is 68.2 Å². The number of anilines is 2. The zero-order valence-corrected chi connectivity index (χ0v) is 17.1. The molecule has 4 rings (SSSR count). The molecule has 0 saturated carbocycles. The van der Waals surface area contributed by atoms with Crippen LogP contribution in [-0.4, -0.2) is 22.7 Å². The summed E-state index contributed by atoms with van der Waals surface area (Å²) in [5.74, 6) is 1.68. The molecule has 0 aliphatic carbocycles. The van der Waals surface area contributed by atoms with Crippen LogP contribution in [0.5, 0.6) is 5.75 Å². The predicted octanol–water partition coefficient (Wildman–Crippen LogP) is 5.01. The number of benzene rings is 3. The molecule has 0 bridgehead atoms. The molecule has 6 heteroatoms. The van der Waals surface area contributed by atoms with Gasteiger partial charge in [-0.2, -0.15) is 0 Å². The van der Waals surface area contributed by atoms with Gasteiger partial charge in [0.05, 0.1) is 23.8 Å². The Bertz CT molecular complexity index is 1170. The maximum absolute atomic E-state index is 12.3. The Morgan fingerprint density at radius 2 is 1.67 bits per heavy atom. The molecular weight excluding hydrogens is 376 g/mol. The molecule has 30 heavy (non-hydrogen) atoms. The van der Waals surface area contributed by atoms with Gasteiger partial charge in [0.25, 0.3) is 0 Å². The van der Waals surface area contributed by atoms with Crippen molar-refractivity contribution in [2.45, 2.75) is 12.8 Å². The molecule has 2 N–H and O–H groups in total. The molecule has 1 heterocycles. The highest BCUT2D eigenvalue weighted by atomic mass is 16.5. The van der Waals surface area contributed by atoms with E-state index < -0.39 is 0 Å². The van der Waals surface area contributed by atoms with Gasteiger partial charge in [0, 0.05) is 19.2 Å². The highest BCUT2D eigenvalue weighted by molar-refractivity contribution is 6.00. The average Bonchev–Trinajstić information content (AvgIpc) is 3.09. The van der Waals surface area contributed by atoms with E-state index in [-0.39, 0.29) is 6.03 Å². The maximum atomic E-state index is 12.3. The Balaban J connectivity index is 1.35. The number of fused-ring (bicyclic) bond motifs is 1. The first-order valence-electron chi connectivity index (χ1n) is 9.84. The van der Waals surface area contributed by atoms with Gasteiger partial charge in [0.2, 0.25) is 0 Å². The molecule has 1 aromatic heterocycles. The van der Waals surface area contributed by atoms with E-state index in [0.29, 0.717) is 11.4 Å². The van der Waals surface area contributed by atoms with Gasteiger partial charge >= 0.3 is 6.03 Å². The van der Waals surface area contributed by atoms with Crippen molar-refractivity contribution in [2.24, 2.45) is 7.05 Å². The highest BCUT2D eigenvalue weighted by Crippen LogP contribution is 2.23. The molecule has 0 spiro atoms. The summed E-state index contributed by atoms with van der Waals surface area (Å²) in [6.07, 6.45) is 1.73. The van der Waals surface area contributed by atoms with Crippen LogP contribution in [0.25, 0.3) is 11.0 Å². The van der Waals surface area contributed by atoms with E-state index in [1.54, 1.807) is 19.2 Å². The number of carbonyl (C=O) groups is 1. The van der Waals surface area contributed by atoms with Gasteiger partial charge in [-0.15, -0.1) is 0 Å². The summed E-state index contributed by atoms with van der Waals surface area (Å²) in [5.41, 5.74) is 4.71. The van der Waals surface area contributed by atoms with Crippen LogP contribution in [-0.2, 0) is 19.9 Å². The highest BCUT2D eigenvalue weighted by Gasteiger charge is 2.09. The van der Waals surface area contributed by atoms with E-state index in [2.05, 4.69) is 28.3 Å². The number of nitrogens with one attached hydrogen (secondary N) is 2. The Kier molecular flexibility index (Phi) is 5.66. The number of para-hydroxylation sites is 4. The molecule has 0 aliphatic heterocycles. The number of carbonyl (C=O) groups excluding carboxylic acids is 1. The first kappa shape index (κ1) is 19.5. The zero-order chi connectivity index (χ0) is 20.9. The van der Waals surface area contributed by atoms with E-state index >= 15 is 0 Å². The third-order valence-electron chi connectivity index (χ3n) is 5.08. The van der Waals surface area contributed by atoms with Crippen molar-refractivity contribution in [2.75, 3.05) is 17.7 Å². The lowest BCUT2D eigenvalue weighted by Crippen LogP contribution is -2.19. The van der Waals surface area contributed by atoms with Crippen LogP contribution in [0.2, 0.25) is 0 Å². The molecule has 6 nitrogen and oxygen atoms in total. The number of rotatable bonds is 6. The standard InChI is InChI=1S/C24H24N4O2/c1-28-21-9-5-3-7-19(21)26-23(28)16-13-17-11-14-18(15-12-17)25-24(29)27-20-8-4-6-10-22(20)30-2/h3-12,14-15H,13,16H2,1-2H3,(H2,25,27,29). The molecule has 2 amide bonds. The number of methoxy groups -OCH3 is 1. The molecular formula is C24H24N4O2. The number of ether oxygens (including phenoxy) is 1. The molecule has 0 unspecified atom stereocenters. The van der Waals surface area contributed by atoms with E-state index in [4.69, 9.17) is 9.72 Å². The third kappa shape index (κ3) is 4.27. The Hall–Kier alpha value is -3.80. The van der Waals surface area contributed by atoms with Gasteiger partial charge in [-0.05, 0) is 48.4 Å². The lowest BCUT2D eigenvalue weighted by atomic mass is 10.1. The molecule has 152 valence electrons. The van der Waals surface area contributed by atoms with Crippen LogP contribution in [0.15, 0.2) is 72.8 Å². The van der Waals surface area contributed by atoms with Gasteiger partial charge in [0.1, 0.15) is 11.6 Å². The van der Waals surface area contributed by atoms with Crippen LogP contribution < -0.4 is 15.4 Å². The van der Waals surface area contributed by atoms with Crippen molar-refractivity contribution in [3.8, 4) is 5.75 Å². The van der Waals surface area contributed by atoms with Crippen LogP contribution in [0.1, 0.15) is 11.4 Å². The minimum Gasteiger partial charge on any atom is -0.495 e. The summed E-state index contributed by atoms with van der Waals surface area (Å²) in [6, 6.07) is 23.0. The number of aryl methyl sites for hydroxylation is 3. The van der Waals surface area contributed by atoms with Gasteiger partial charge in [-0.25, -0.2) is 9.78 Å². The first-order valence-corrected chi connectivity index (χ1v) is 9.84. The molecule has 0 aliphatic rings. The lowest BCUT2D eigenvalue weighted by molar-refractivity contribution is 0.262. The largest absolute Gasteiger partial charge is 0.495 e. The molecule has 0 atom stereocenters. The molecule has 0 radical (unpaired) electrons. The van der Waals surface area contributed by atoms with Crippen molar-refractivity contribution >= 4 is 28.4 Å². The molecule has 0 saturated heterocycles. The predicted molar refractivity (Wildman–Crippen MR) is 120 cm³/mol. The number of amides is 2. The summed E-state index contributed by atoms with van der Waals surface area (Å²) in [4.78, 5) is 17.0. The summed E-state index contributed by atoms with van der Waals surface area (Å²) in [5, 5.41) is 5.65. The summed E-state index contributed by atoms with van der Waals surface area (Å²) >= 11 is 0. The minimum absolute atomic E-state index is 0.313. The number of urea groups is 1. The van der Waals surface area contributed by atoms with Gasteiger partial charge in [0.15, 0.2) is 0 Å². The molecule has 3 aromatic carbocycles. The Morgan fingerprint density at radius 3 is 2.43 bits per heavy atom.